The van der Waals surface area contributed by atoms with Gasteiger partial charge in [-0.1, -0.05) is 26.0 Å². The van der Waals surface area contributed by atoms with Gasteiger partial charge in [-0.05, 0) is 29.5 Å². The first-order valence-corrected chi connectivity index (χ1v) is 6.76. The Balaban J connectivity index is 2.63. The van der Waals surface area contributed by atoms with Gasteiger partial charge in [0.25, 0.3) is 0 Å². The van der Waals surface area contributed by atoms with E-state index in [4.69, 9.17) is 4.74 Å². The molecule has 0 heterocycles. The summed E-state index contributed by atoms with van der Waals surface area (Å²) in [6.07, 6.45) is 1.08. The highest BCUT2D eigenvalue weighted by Crippen LogP contribution is 2.29. The van der Waals surface area contributed by atoms with Crippen LogP contribution < -0.4 is 4.74 Å². The molecule has 0 fully saturated rings. The first kappa shape index (κ1) is 17.0. The van der Waals surface area contributed by atoms with Crippen LogP contribution in [0.3, 0.4) is 0 Å². The molecule has 0 aliphatic heterocycles. The normalized spacial score (nSPS) is 10.9. The molecule has 0 N–H and O–H groups in total. The highest BCUT2D eigenvalue weighted by molar-refractivity contribution is 5.70. The van der Waals surface area contributed by atoms with E-state index in [1.165, 1.54) is 14.2 Å². The zero-order valence-corrected chi connectivity index (χ0v) is 13.0. The van der Waals surface area contributed by atoms with Crippen molar-refractivity contribution in [2.75, 3.05) is 20.8 Å². The van der Waals surface area contributed by atoms with Crippen molar-refractivity contribution in [2.24, 2.45) is 0 Å². The lowest BCUT2D eigenvalue weighted by Crippen LogP contribution is -2.19. The van der Waals surface area contributed by atoms with E-state index in [9.17, 15) is 9.59 Å². The number of esters is 2. The quantitative estimate of drug-likeness (QED) is 0.723. The molecule has 0 saturated carbocycles. The fourth-order valence-corrected chi connectivity index (χ4v) is 1.86. The Bertz CT molecular complexity index is 476. The Labute approximate surface area is 125 Å². The van der Waals surface area contributed by atoms with Crippen molar-refractivity contribution in [3.05, 3.63) is 29.8 Å². The fourth-order valence-electron chi connectivity index (χ4n) is 1.86. The van der Waals surface area contributed by atoms with Crippen LogP contribution >= 0.6 is 0 Å². The van der Waals surface area contributed by atoms with E-state index in [1.54, 1.807) is 12.1 Å². The van der Waals surface area contributed by atoms with Gasteiger partial charge in [-0.3, -0.25) is 4.79 Å². The van der Waals surface area contributed by atoms with Crippen molar-refractivity contribution in [1.82, 2.24) is 0 Å². The molecule has 0 amide bonds. The van der Waals surface area contributed by atoms with E-state index in [0.29, 0.717) is 18.6 Å². The van der Waals surface area contributed by atoms with E-state index in [-0.39, 0.29) is 18.0 Å². The maximum Gasteiger partial charge on any atom is 0.343 e. The van der Waals surface area contributed by atoms with Crippen LogP contribution in [0.2, 0.25) is 0 Å². The highest BCUT2D eigenvalue weighted by atomic mass is 16.6. The number of methoxy groups -OCH3 is 2. The van der Waals surface area contributed by atoms with E-state index in [2.05, 4.69) is 23.3 Å². The highest BCUT2D eigenvalue weighted by Gasteiger charge is 2.22. The van der Waals surface area contributed by atoms with Gasteiger partial charge in [-0.2, -0.15) is 0 Å². The second kappa shape index (κ2) is 7.67. The molecule has 0 atom stereocenters. The molecule has 0 bridgehead atoms. The molecule has 0 aromatic heterocycles. The molecule has 5 heteroatoms. The number of hydrogen-bond donors (Lipinski definition) is 0. The molecule has 0 saturated heterocycles. The van der Waals surface area contributed by atoms with E-state index in [1.807, 2.05) is 12.1 Å². The summed E-state index contributed by atoms with van der Waals surface area (Å²) in [4.78, 5) is 22.2. The third-order valence-electron chi connectivity index (χ3n) is 3.40. The average Bonchev–Trinajstić information content (AvgIpc) is 2.50. The van der Waals surface area contributed by atoms with Crippen LogP contribution in [0.4, 0.5) is 0 Å². The van der Waals surface area contributed by atoms with Gasteiger partial charge < -0.3 is 14.2 Å². The van der Waals surface area contributed by atoms with Gasteiger partial charge in [0.05, 0.1) is 14.2 Å². The van der Waals surface area contributed by atoms with E-state index >= 15 is 0 Å². The minimum Gasteiger partial charge on any atom is -0.482 e. The SMILES string of the molecule is COC(=O)CCC(C)(C)c1ccc(OCC(=O)OC)cc1. The van der Waals surface area contributed by atoms with Crippen LogP contribution in [0.25, 0.3) is 0 Å². The molecule has 21 heavy (non-hydrogen) atoms. The summed E-state index contributed by atoms with van der Waals surface area (Å²) < 4.78 is 14.5. The van der Waals surface area contributed by atoms with Crippen molar-refractivity contribution in [3.63, 3.8) is 0 Å². The van der Waals surface area contributed by atoms with Crippen molar-refractivity contribution >= 4 is 11.9 Å². The largest absolute Gasteiger partial charge is 0.482 e. The number of carbonyl (C=O) groups is 2. The second-order valence-electron chi connectivity index (χ2n) is 5.35. The molecule has 0 unspecified atom stereocenters. The van der Waals surface area contributed by atoms with Gasteiger partial charge in [0.1, 0.15) is 5.75 Å². The van der Waals surface area contributed by atoms with Crippen LogP contribution in [0.1, 0.15) is 32.3 Å². The average molecular weight is 294 g/mol. The second-order valence-corrected chi connectivity index (χ2v) is 5.35. The maximum absolute atomic E-state index is 11.2. The number of rotatable bonds is 7. The topological polar surface area (TPSA) is 61.8 Å². The molecule has 5 nitrogen and oxygen atoms in total. The molecule has 1 rings (SSSR count). The number of benzene rings is 1. The van der Waals surface area contributed by atoms with Gasteiger partial charge in [0, 0.05) is 6.42 Å². The van der Waals surface area contributed by atoms with Gasteiger partial charge in [-0.25, -0.2) is 4.79 Å². The molecule has 0 aliphatic carbocycles. The molecular formula is C16H22O5. The number of hydrogen-bond acceptors (Lipinski definition) is 5. The summed E-state index contributed by atoms with van der Waals surface area (Å²) in [5.41, 5.74) is 0.950. The lowest BCUT2D eigenvalue weighted by molar-refractivity contribution is -0.143. The first-order valence-electron chi connectivity index (χ1n) is 6.76. The summed E-state index contributed by atoms with van der Waals surface area (Å²) in [6.45, 7) is 4.03. The van der Waals surface area contributed by atoms with Crippen LogP contribution in [0.5, 0.6) is 5.75 Å². The lowest BCUT2D eigenvalue weighted by atomic mass is 9.80. The Kier molecular flexibility index (Phi) is 6.21. The van der Waals surface area contributed by atoms with Crippen molar-refractivity contribution in [2.45, 2.75) is 32.1 Å². The molecule has 1 aromatic rings. The summed E-state index contributed by atoms with van der Waals surface area (Å²) in [5.74, 6) is -0.0218. The number of ether oxygens (including phenoxy) is 3. The standard InChI is InChI=1S/C16H22O5/c1-16(2,10-9-14(17)19-3)12-5-7-13(8-6-12)21-11-15(18)20-4/h5-8H,9-11H2,1-4H3. The van der Waals surface area contributed by atoms with Crippen molar-refractivity contribution in [1.29, 1.82) is 0 Å². The molecule has 0 spiro atoms. The van der Waals surface area contributed by atoms with Gasteiger partial charge >= 0.3 is 11.9 Å². The zero-order valence-electron chi connectivity index (χ0n) is 13.0. The van der Waals surface area contributed by atoms with Gasteiger partial charge in [0.15, 0.2) is 6.61 Å². The third kappa shape index (κ3) is 5.45. The minimum absolute atomic E-state index is 0.110. The Hall–Kier alpha value is -2.04. The summed E-state index contributed by atoms with van der Waals surface area (Å²) in [6, 6.07) is 7.48. The molecule has 0 aliphatic rings. The fraction of sp³-hybridized carbons (Fsp3) is 0.500. The Morgan fingerprint density at radius 2 is 1.57 bits per heavy atom. The van der Waals surface area contributed by atoms with Crippen LogP contribution in [-0.4, -0.2) is 32.8 Å². The summed E-state index contributed by atoms with van der Waals surface area (Å²) in [7, 11) is 2.71. The molecular weight excluding hydrogens is 272 g/mol. The van der Waals surface area contributed by atoms with Crippen LogP contribution in [0.15, 0.2) is 24.3 Å². The van der Waals surface area contributed by atoms with Crippen molar-refractivity contribution < 1.29 is 23.8 Å². The minimum atomic E-state index is -0.419. The van der Waals surface area contributed by atoms with E-state index < -0.39 is 5.97 Å². The maximum atomic E-state index is 11.2. The zero-order chi connectivity index (χ0) is 15.9. The van der Waals surface area contributed by atoms with Gasteiger partial charge in [0.2, 0.25) is 0 Å². The Morgan fingerprint density at radius 3 is 2.10 bits per heavy atom. The molecule has 1 aromatic carbocycles. The van der Waals surface area contributed by atoms with E-state index in [0.717, 1.165) is 5.56 Å². The van der Waals surface area contributed by atoms with Crippen molar-refractivity contribution in [3.8, 4) is 5.75 Å². The number of carbonyl (C=O) groups excluding carboxylic acids is 2. The summed E-state index contributed by atoms with van der Waals surface area (Å²) >= 11 is 0. The van der Waals surface area contributed by atoms with Crippen LogP contribution in [-0.2, 0) is 24.5 Å². The monoisotopic (exact) mass is 294 g/mol. The van der Waals surface area contributed by atoms with Crippen LogP contribution in [0, 0.1) is 0 Å². The third-order valence-corrected chi connectivity index (χ3v) is 3.40. The molecule has 116 valence electrons. The smallest absolute Gasteiger partial charge is 0.343 e. The molecule has 0 radical (unpaired) electrons. The Morgan fingerprint density at radius 1 is 1.00 bits per heavy atom. The lowest BCUT2D eigenvalue weighted by Gasteiger charge is -2.25. The predicted molar refractivity (Wildman–Crippen MR) is 78.2 cm³/mol. The first-order chi connectivity index (χ1) is 9.89. The predicted octanol–water partition coefficient (Wildman–Crippen LogP) is 2.47. The van der Waals surface area contributed by atoms with Gasteiger partial charge in [-0.15, -0.1) is 0 Å². The summed E-state index contributed by atoms with van der Waals surface area (Å²) in [5, 5.41) is 0.